The Bertz CT molecular complexity index is 768. The molecule has 1 N–H and O–H groups in total. The molecule has 1 aromatic carbocycles. The minimum atomic E-state index is 0.849. The molecule has 0 aliphatic rings. The summed E-state index contributed by atoms with van der Waals surface area (Å²) in [4.78, 5) is 4.51. The van der Waals surface area contributed by atoms with Crippen molar-refractivity contribution in [2.75, 3.05) is 7.11 Å². The first-order valence-electron chi connectivity index (χ1n) is 7.85. The minimum Gasteiger partial charge on any atom is -0.496 e. The number of nitrogens with zero attached hydrogens (tertiary/aromatic N) is 3. The molecule has 3 rings (SSSR count). The molecule has 0 bridgehead atoms. The zero-order chi connectivity index (χ0) is 16.2. The van der Waals surface area contributed by atoms with Crippen LogP contribution in [0.15, 0.2) is 36.7 Å². The second kappa shape index (κ2) is 6.69. The van der Waals surface area contributed by atoms with Crippen molar-refractivity contribution in [2.45, 2.75) is 33.2 Å². The SMILES string of the molecule is COc1ccccc1-c1nccn1CCCc1c(C)n[nH]c1C. The molecule has 3 aromatic rings. The van der Waals surface area contributed by atoms with E-state index in [-0.39, 0.29) is 0 Å². The van der Waals surface area contributed by atoms with Crippen LogP contribution in [-0.4, -0.2) is 26.9 Å². The van der Waals surface area contributed by atoms with Crippen LogP contribution >= 0.6 is 0 Å². The van der Waals surface area contributed by atoms with E-state index in [2.05, 4.69) is 33.6 Å². The summed E-state index contributed by atoms with van der Waals surface area (Å²) in [6, 6.07) is 7.99. The summed E-state index contributed by atoms with van der Waals surface area (Å²) in [5.41, 5.74) is 4.61. The second-order valence-corrected chi connectivity index (χ2v) is 5.66. The number of H-pyrrole nitrogens is 1. The Morgan fingerprint density at radius 2 is 2.04 bits per heavy atom. The highest BCUT2D eigenvalue weighted by molar-refractivity contribution is 5.64. The van der Waals surface area contributed by atoms with Crippen molar-refractivity contribution in [3.63, 3.8) is 0 Å². The first kappa shape index (κ1) is 15.3. The number of aryl methyl sites for hydroxylation is 3. The van der Waals surface area contributed by atoms with Crippen LogP contribution in [0.3, 0.4) is 0 Å². The number of hydrogen-bond acceptors (Lipinski definition) is 3. The van der Waals surface area contributed by atoms with Crippen LogP contribution in [0.2, 0.25) is 0 Å². The molecular weight excluding hydrogens is 288 g/mol. The molecule has 120 valence electrons. The van der Waals surface area contributed by atoms with Gasteiger partial charge in [0.05, 0.1) is 18.4 Å². The first-order chi connectivity index (χ1) is 11.2. The average Bonchev–Trinajstić information content (AvgIpc) is 3.16. The highest BCUT2D eigenvalue weighted by Gasteiger charge is 2.11. The maximum absolute atomic E-state index is 5.45. The third kappa shape index (κ3) is 3.13. The van der Waals surface area contributed by atoms with Crippen molar-refractivity contribution in [3.05, 3.63) is 53.6 Å². The molecule has 0 unspecified atom stereocenters. The van der Waals surface area contributed by atoms with Gasteiger partial charge in [-0.3, -0.25) is 5.10 Å². The molecule has 5 nitrogen and oxygen atoms in total. The molecule has 0 amide bonds. The maximum atomic E-state index is 5.45. The Hall–Kier alpha value is -2.56. The van der Waals surface area contributed by atoms with Gasteiger partial charge in [-0.05, 0) is 44.4 Å². The van der Waals surface area contributed by atoms with Crippen LogP contribution < -0.4 is 4.74 Å². The van der Waals surface area contributed by atoms with Crippen LogP contribution in [-0.2, 0) is 13.0 Å². The topological polar surface area (TPSA) is 55.7 Å². The van der Waals surface area contributed by atoms with E-state index in [1.54, 1.807) is 7.11 Å². The van der Waals surface area contributed by atoms with Crippen molar-refractivity contribution in [3.8, 4) is 17.1 Å². The highest BCUT2D eigenvalue weighted by atomic mass is 16.5. The normalized spacial score (nSPS) is 10.9. The largest absolute Gasteiger partial charge is 0.496 e. The number of aromatic nitrogens is 4. The van der Waals surface area contributed by atoms with Gasteiger partial charge in [0, 0.05) is 24.6 Å². The van der Waals surface area contributed by atoms with E-state index in [0.717, 1.165) is 47.9 Å². The Balaban J connectivity index is 1.74. The number of rotatable bonds is 6. The lowest BCUT2D eigenvalue weighted by molar-refractivity contribution is 0.416. The van der Waals surface area contributed by atoms with Crippen molar-refractivity contribution in [1.29, 1.82) is 0 Å². The number of ether oxygens (including phenoxy) is 1. The lowest BCUT2D eigenvalue weighted by Crippen LogP contribution is -2.02. The van der Waals surface area contributed by atoms with E-state index < -0.39 is 0 Å². The zero-order valence-corrected chi connectivity index (χ0v) is 13.8. The molecule has 0 aliphatic carbocycles. The summed E-state index contributed by atoms with van der Waals surface area (Å²) in [5.74, 6) is 1.80. The molecule has 5 heteroatoms. The van der Waals surface area contributed by atoms with Crippen LogP contribution in [0.25, 0.3) is 11.4 Å². The molecule has 0 radical (unpaired) electrons. The van der Waals surface area contributed by atoms with Crippen molar-refractivity contribution in [1.82, 2.24) is 19.7 Å². The summed E-state index contributed by atoms with van der Waals surface area (Å²) >= 11 is 0. The lowest BCUT2D eigenvalue weighted by atomic mass is 10.1. The third-order valence-electron chi connectivity index (χ3n) is 4.17. The molecule has 0 aliphatic heterocycles. The summed E-state index contributed by atoms with van der Waals surface area (Å²) in [7, 11) is 1.69. The van der Waals surface area contributed by atoms with Gasteiger partial charge >= 0.3 is 0 Å². The molecule has 23 heavy (non-hydrogen) atoms. The van der Waals surface area contributed by atoms with Crippen LogP contribution in [0.1, 0.15) is 23.4 Å². The summed E-state index contributed by atoms with van der Waals surface area (Å²) < 4.78 is 7.64. The monoisotopic (exact) mass is 310 g/mol. The molecule has 2 aromatic heterocycles. The van der Waals surface area contributed by atoms with Gasteiger partial charge in [-0.1, -0.05) is 12.1 Å². The zero-order valence-electron chi connectivity index (χ0n) is 13.8. The standard InChI is InChI=1S/C18H22N4O/c1-13-15(14(2)21-20-13)8-6-11-22-12-10-19-18(22)16-7-4-5-9-17(16)23-3/h4-5,7,9-10,12H,6,8,11H2,1-3H3,(H,20,21). The van der Waals surface area contributed by atoms with Crippen molar-refractivity contribution >= 4 is 0 Å². The minimum absolute atomic E-state index is 0.849. The predicted octanol–water partition coefficient (Wildman–Crippen LogP) is 3.53. The fourth-order valence-corrected chi connectivity index (χ4v) is 2.93. The van der Waals surface area contributed by atoms with Gasteiger partial charge < -0.3 is 9.30 Å². The maximum Gasteiger partial charge on any atom is 0.143 e. The van der Waals surface area contributed by atoms with Crippen LogP contribution in [0, 0.1) is 13.8 Å². The Morgan fingerprint density at radius 1 is 1.22 bits per heavy atom. The molecule has 0 atom stereocenters. The summed E-state index contributed by atoms with van der Waals surface area (Å²) in [6.45, 7) is 5.04. The van der Waals surface area contributed by atoms with Gasteiger partial charge in [0.1, 0.15) is 11.6 Å². The smallest absolute Gasteiger partial charge is 0.143 e. The van der Waals surface area contributed by atoms with E-state index in [9.17, 15) is 0 Å². The Kier molecular flexibility index (Phi) is 4.46. The summed E-state index contributed by atoms with van der Waals surface area (Å²) in [6.07, 6.45) is 5.92. The van der Waals surface area contributed by atoms with E-state index in [0.29, 0.717) is 0 Å². The Labute approximate surface area is 136 Å². The number of nitrogens with one attached hydrogen (secondary N) is 1. The first-order valence-corrected chi connectivity index (χ1v) is 7.85. The van der Waals surface area contributed by atoms with Gasteiger partial charge in [-0.25, -0.2) is 4.98 Å². The van der Waals surface area contributed by atoms with Gasteiger partial charge in [0.2, 0.25) is 0 Å². The number of hydrogen-bond donors (Lipinski definition) is 1. The fourth-order valence-electron chi connectivity index (χ4n) is 2.93. The number of imidazole rings is 1. The third-order valence-corrected chi connectivity index (χ3v) is 4.17. The molecule has 0 saturated carbocycles. The van der Waals surface area contributed by atoms with E-state index >= 15 is 0 Å². The van der Waals surface area contributed by atoms with Crippen LogP contribution in [0.5, 0.6) is 5.75 Å². The molecule has 2 heterocycles. The average molecular weight is 310 g/mol. The molecule has 0 spiro atoms. The van der Waals surface area contributed by atoms with E-state index in [4.69, 9.17) is 4.74 Å². The molecule has 0 fully saturated rings. The number of para-hydroxylation sites is 1. The predicted molar refractivity (Wildman–Crippen MR) is 90.6 cm³/mol. The van der Waals surface area contributed by atoms with E-state index in [1.165, 1.54) is 5.56 Å². The highest BCUT2D eigenvalue weighted by Crippen LogP contribution is 2.28. The van der Waals surface area contributed by atoms with Gasteiger partial charge in [0.15, 0.2) is 0 Å². The van der Waals surface area contributed by atoms with Crippen molar-refractivity contribution < 1.29 is 4.74 Å². The molecular formula is C18H22N4O. The second-order valence-electron chi connectivity index (χ2n) is 5.66. The van der Waals surface area contributed by atoms with Gasteiger partial charge in [-0.15, -0.1) is 0 Å². The van der Waals surface area contributed by atoms with Crippen molar-refractivity contribution in [2.24, 2.45) is 0 Å². The quantitative estimate of drug-likeness (QED) is 0.757. The van der Waals surface area contributed by atoms with Crippen LogP contribution in [0.4, 0.5) is 0 Å². The number of benzene rings is 1. The van der Waals surface area contributed by atoms with Gasteiger partial charge in [-0.2, -0.15) is 5.10 Å². The number of aromatic amines is 1. The van der Waals surface area contributed by atoms with E-state index in [1.807, 2.05) is 36.7 Å². The number of methoxy groups -OCH3 is 1. The molecule has 0 saturated heterocycles. The fraction of sp³-hybridized carbons (Fsp3) is 0.333. The Morgan fingerprint density at radius 3 is 2.78 bits per heavy atom. The van der Waals surface area contributed by atoms with Gasteiger partial charge in [0.25, 0.3) is 0 Å². The summed E-state index contributed by atoms with van der Waals surface area (Å²) in [5, 5.41) is 7.31. The lowest BCUT2D eigenvalue weighted by Gasteiger charge is -2.11.